The molecule has 0 unspecified atom stereocenters. The van der Waals surface area contributed by atoms with E-state index in [9.17, 15) is 24.3 Å². The third-order valence-electron chi connectivity index (χ3n) is 9.83. The number of nitrogens with zero attached hydrogens (tertiary/aromatic N) is 3. The van der Waals surface area contributed by atoms with Gasteiger partial charge in [0.2, 0.25) is 11.8 Å². The molecule has 13 heteroatoms. The molecule has 0 aliphatic carbocycles. The number of phenolic OH excluding ortho intramolecular Hbond substituents is 1. The maximum absolute atomic E-state index is 13.3. The number of aryl methyl sites for hydroxylation is 2. The molecule has 6 N–H and O–H groups in total. The Hall–Kier alpha value is -6.53. The first-order valence-electron chi connectivity index (χ1n) is 17.8. The molecule has 4 amide bonds. The molecule has 55 heavy (non-hydrogen) atoms. The van der Waals surface area contributed by atoms with Crippen molar-refractivity contribution in [2.45, 2.75) is 25.2 Å². The highest BCUT2D eigenvalue weighted by Gasteiger charge is 2.34. The van der Waals surface area contributed by atoms with Crippen LogP contribution in [0.4, 0.5) is 28.4 Å². The molecule has 12 nitrogen and oxygen atoms in total. The van der Waals surface area contributed by atoms with E-state index in [1.54, 1.807) is 88.9 Å². The first-order chi connectivity index (χ1) is 26.5. The standard InChI is InChI=1S/C42H40ClN7O5/c1-48-22-26(18-35(48)41(54)47-30-16-12-28(44)13-17-30)25-10-14-29(15-11-25)46-42(55)36-19-31(24-49(36)2)45-38(52)8-5-9-39(53)50-23-27(21-43)40-33-7-4-3-6-32(33)37(51)20-34(40)50/h3-4,6-7,10-20,22,24,27,51H,5,8-9,21,23,44H2,1-2H3,(H,45,52)(H,46,55)(H,47,54)/t27-/m1/s1. The number of aromatic nitrogens is 2. The lowest BCUT2D eigenvalue weighted by Gasteiger charge is -2.18. The number of benzene rings is 4. The van der Waals surface area contributed by atoms with Gasteiger partial charge in [0.15, 0.2) is 0 Å². The van der Waals surface area contributed by atoms with Gasteiger partial charge in [0.05, 0.1) is 11.4 Å². The van der Waals surface area contributed by atoms with E-state index in [0.29, 0.717) is 58.7 Å². The van der Waals surface area contributed by atoms with E-state index in [4.69, 9.17) is 17.3 Å². The third-order valence-corrected chi connectivity index (χ3v) is 10.2. The number of hydrogen-bond donors (Lipinski definition) is 5. The molecule has 0 spiro atoms. The second-order valence-corrected chi connectivity index (χ2v) is 14.0. The third kappa shape index (κ3) is 7.76. The number of nitrogen functional groups attached to an aromatic ring is 1. The van der Waals surface area contributed by atoms with Crippen LogP contribution in [-0.2, 0) is 23.7 Å². The zero-order valence-electron chi connectivity index (χ0n) is 30.3. The molecule has 7 rings (SSSR count). The van der Waals surface area contributed by atoms with Crippen molar-refractivity contribution in [3.63, 3.8) is 0 Å². The molecule has 280 valence electrons. The van der Waals surface area contributed by atoms with E-state index in [1.807, 2.05) is 42.6 Å². The van der Waals surface area contributed by atoms with Crippen molar-refractivity contribution in [2.24, 2.45) is 14.1 Å². The first kappa shape index (κ1) is 36.8. The number of halogens is 1. The summed E-state index contributed by atoms with van der Waals surface area (Å²) in [5.74, 6) is -0.661. The van der Waals surface area contributed by atoms with Crippen LogP contribution in [-0.4, -0.2) is 50.3 Å². The Kier molecular flexibility index (Phi) is 10.3. The van der Waals surface area contributed by atoms with Crippen molar-refractivity contribution in [3.05, 3.63) is 120 Å². The normalized spacial score (nSPS) is 13.4. The van der Waals surface area contributed by atoms with Gasteiger partial charge in [-0.1, -0.05) is 36.4 Å². The number of alkyl halides is 1. The van der Waals surface area contributed by atoms with Crippen molar-refractivity contribution >= 4 is 74.4 Å². The molecule has 1 atom stereocenters. The van der Waals surface area contributed by atoms with E-state index >= 15 is 0 Å². The number of nitrogens with two attached hydrogens (primary N) is 1. The maximum atomic E-state index is 13.3. The van der Waals surface area contributed by atoms with Crippen molar-refractivity contribution < 1.29 is 24.3 Å². The average molecular weight is 758 g/mol. The largest absolute Gasteiger partial charge is 0.507 e. The van der Waals surface area contributed by atoms with Crippen LogP contribution in [0.5, 0.6) is 5.75 Å². The van der Waals surface area contributed by atoms with Gasteiger partial charge >= 0.3 is 0 Å². The van der Waals surface area contributed by atoms with Gasteiger partial charge in [-0.25, -0.2) is 0 Å². The molecule has 1 aliphatic rings. The van der Waals surface area contributed by atoms with Crippen molar-refractivity contribution in [3.8, 4) is 16.9 Å². The Morgan fingerprint density at radius 2 is 1.36 bits per heavy atom. The summed E-state index contributed by atoms with van der Waals surface area (Å²) in [4.78, 5) is 54.0. The van der Waals surface area contributed by atoms with Crippen LogP contribution in [0.25, 0.3) is 21.9 Å². The first-order valence-corrected chi connectivity index (χ1v) is 18.3. The molecule has 4 aromatic carbocycles. The number of aromatic hydroxyl groups is 1. The van der Waals surface area contributed by atoms with Crippen molar-refractivity contribution in [1.29, 1.82) is 0 Å². The van der Waals surface area contributed by atoms with Crippen LogP contribution in [0.15, 0.2) is 103 Å². The number of rotatable bonds is 11. The maximum Gasteiger partial charge on any atom is 0.272 e. The summed E-state index contributed by atoms with van der Waals surface area (Å²) in [5, 5.41) is 20.9. The van der Waals surface area contributed by atoms with E-state index < -0.39 is 0 Å². The predicted molar refractivity (Wildman–Crippen MR) is 217 cm³/mol. The molecule has 0 saturated carbocycles. The average Bonchev–Trinajstić information content (AvgIpc) is 3.87. The van der Waals surface area contributed by atoms with Crippen LogP contribution in [0.1, 0.15) is 51.7 Å². The van der Waals surface area contributed by atoms with Crippen molar-refractivity contribution in [2.75, 3.05) is 39.0 Å². The van der Waals surface area contributed by atoms with Crippen LogP contribution in [0.3, 0.4) is 0 Å². The van der Waals surface area contributed by atoms with E-state index in [0.717, 1.165) is 27.5 Å². The summed E-state index contributed by atoms with van der Waals surface area (Å²) in [7, 11) is 3.51. The van der Waals surface area contributed by atoms with Gasteiger partial charge in [-0.15, -0.1) is 11.6 Å². The zero-order chi connectivity index (χ0) is 38.8. The highest BCUT2D eigenvalue weighted by atomic mass is 35.5. The van der Waals surface area contributed by atoms with E-state index in [2.05, 4.69) is 16.0 Å². The zero-order valence-corrected chi connectivity index (χ0v) is 31.1. The van der Waals surface area contributed by atoms with E-state index in [-0.39, 0.29) is 48.1 Å². The number of carbonyl (C=O) groups is 4. The fourth-order valence-electron chi connectivity index (χ4n) is 7.06. The van der Waals surface area contributed by atoms with Crippen LogP contribution < -0.4 is 26.6 Å². The number of fused-ring (bicyclic) bond motifs is 3. The van der Waals surface area contributed by atoms with Crippen LogP contribution in [0.2, 0.25) is 0 Å². The summed E-state index contributed by atoms with van der Waals surface area (Å²) in [5.41, 5.74) is 12.2. The van der Waals surface area contributed by atoms with Crippen molar-refractivity contribution in [1.82, 2.24) is 9.13 Å². The molecule has 0 bridgehead atoms. The quantitative estimate of drug-likeness (QED) is 0.0681. The Labute approximate surface area is 322 Å². The van der Waals surface area contributed by atoms with Gasteiger partial charge in [-0.2, -0.15) is 0 Å². The number of hydrogen-bond acceptors (Lipinski definition) is 6. The number of amides is 4. The lowest BCUT2D eigenvalue weighted by Crippen LogP contribution is -2.30. The highest BCUT2D eigenvalue weighted by molar-refractivity contribution is 6.19. The second kappa shape index (κ2) is 15.4. The molecule has 2 aromatic heterocycles. The molecule has 0 saturated heterocycles. The molecular weight excluding hydrogens is 718 g/mol. The molecule has 0 radical (unpaired) electrons. The minimum absolute atomic E-state index is 0.0653. The second-order valence-electron chi connectivity index (χ2n) is 13.7. The predicted octanol–water partition coefficient (Wildman–Crippen LogP) is 7.45. The Bertz CT molecular complexity index is 2440. The number of anilines is 5. The lowest BCUT2D eigenvalue weighted by atomic mass is 9.95. The number of carbonyl (C=O) groups excluding carboxylic acids is 4. The Balaban J connectivity index is 0.914. The fourth-order valence-corrected chi connectivity index (χ4v) is 7.31. The Morgan fingerprint density at radius 1 is 0.745 bits per heavy atom. The number of phenols is 1. The molecule has 1 aliphatic heterocycles. The summed E-state index contributed by atoms with van der Waals surface area (Å²) in [6.07, 6.45) is 4.08. The van der Waals surface area contributed by atoms with Gasteiger partial charge in [0.1, 0.15) is 17.1 Å². The van der Waals surface area contributed by atoms with Crippen LogP contribution >= 0.6 is 11.6 Å². The highest BCUT2D eigenvalue weighted by Crippen LogP contribution is 2.45. The summed E-state index contributed by atoms with van der Waals surface area (Å²) >= 11 is 6.31. The van der Waals surface area contributed by atoms with Gasteiger partial charge in [0.25, 0.3) is 11.8 Å². The van der Waals surface area contributed by atoms with Gasteiger partial charge in [-0.3, -0.25) is 19.2 Å². The SMILES string of the molecule is Cn1cc(NC(=O)CCCC(=O)N2C[C@@H](CCl)c3c2cc(O)c2ccccc32)cc1C(=O)Nc1ccc(-c2cc(C(=O)Nc3ccc(N)cc3)n(C)c2)cc1. The minimum atomic E-state index is -0.359. The molecule has 6 aromatic rings. The summed E-state index contributed by atoms with van der Waals surface area (Å²) in [6.45, 7) is 0.414. The van der Waals surface area contributed by atoms with Crippen LogP contribution in [0, 0.1) is 0 Å². The minimum Gasteiger partial charge on any atom is -0.507 e. The smallest absolute Gasteiger partial charge is 0.272 e. The number of nitrogens with one attached hydrogen (secondary N) is 3. The summed E-state index contributed by atoms with van der Waals surface area (Å²) in [6, 6.07) is 26.8. The fraction of sp³-hybridized carbons (Fsp3) is 0.190. The molecule has 3 heterocycles. The Morgan fingerprint density at radius 3 is 2.04 bits per heavy atom. The monoisotopic (exact) mass is 757 g/mol. The topological polar surface area (TPSA) is 164 Å². The molecular formula is C42H40ClN7O5. The summed E-state index contributed by atoms with van der Waals surface area (Å²) < 4.78 is 3.38. The van der Waals surface area contributed by atoms with Gasteiger partial charge < -0.3 is 40.8 Å². The molecule has 0 fully saturated rings. The van der Waals surface area contributed by atoms with Gasteiger partial charge in [0, 0.05) is 91.8 Å². The van der Waals surface area contributed by atoms with E-state index in [1.165, 1.54) is 0 Å². The van der Waals surface area contributed by atoms with Gasteiger partial charge in [-0.05, 0) is 71.5 Å². The lowest BCUT2D eigenvalue weighted by molar-refractivity contribution is -0.119.